The van der Waals surface area contributed by atoms with Crippen LogP contribution in [0.25, 0.3) is 0 Å². The average molecular weight is 383 g/mol. The zero-order chi connectivity index (χ0) is 17.2. The van der Waals surface area contributed by atoms with Gasteiger partial charge in [-0.3, -0.25) is 9.59 Å². The molecule has 0 aromatic carbocycles. The number of carbonyl (C=O) groups is 3. The van der Waals surface area contributed by atoms with Gasteiger partial charge in [-0.2, -0.15) is 0 Å². The third-order valence-corrected chi connectivity index (χ3v) is 6.07. The van der Waals surface area contributed by atoms with Gasteiger partial charge in [0.1, 0.15) is 17.5 Å². The third kappa shape index (κ3) is 5.35. The summed E-state index contributed by atoms with van der Waals surface area (Å²) >= 11 is 1.45. The molecule has 2 saturated heterocycles. The van der Waals surface area contributed by atoms with Crippen molar-refractivity contribution in [2.24, 2.45) is 0 Å². The van der Waals surface area contributed by atoms with E-state index in [1.807, 2.05) is 13.8 Å². The quantitative estimate of drug-likeness (QED) is 0.365. The molecule has 2 aliphatic rings. The molecule has 0 aromatic heterocycles. The average Bonchev–Trinajstić information content (AvgIpc) is 2.73. The van der Waals surface area contributed by atoms with Crippen molar-refractivity contribution in [1.82, 2.24) is 10.2 Å². The maximum atomic E-state index is 12.2. The summed E-state index contributed by atoms with van der Waals surface area (Å²) in [5.74, 6) is -1.38. The molecule has 25 heavy (non-hydrogen) atoms. The molecule has 0 unspecified atom stereocenters. The van der Waals surface area contributed by atoms with Crippen LogP contribution in [0.5, 0.6) is 0 Å². The van der Waals surface area contributed by atoms with Crippen LogP contribution in [0.15, 0.2) is 0 Å². The number of amides is 2. The summed E-state index contributed by atoms with van der Waals surface area (Å²) in [5.41, 5.74) is 0. The number of carboxylic acids is 1. The van der Waals surface area contributed by atoms with E-state index in [1.165, 1.54) is 23.1 Å². The van der Waals surface area contributed by atoms with Crippen LogP contribution in [0.4, 0.5) is 0 Å². The van der Waals surface area contributed by atoms with Gasteiger partial charge in [-0.15, -0.1) is 11.8 Å². The molecule has 2 amide bonds. The van der Waals surface area contributed by atoms with Crippen molar-refractivity contribution in [2.45, 2.75) is 81.5 Å². The normalized spacial score (nSPS) is 26.0. The maximum absolute atomic E-state index is 12.2. The Morgan fingerprint density at radius 3 is 2.40 bits per heavy atom. The van der Waals surface area contributed by atoms with Crippen LogP contribution in [0.1, 0.15) is 59.3 Å². The molecule has 9 heteroatoms. The third-order valence-electron chi connectivity index (χ3n) is 4.50. The summed E-state index contributed by atoms with van der Waals surface area (Å²) in [4.78, 5) is 37.0. The molecule has 3 atom stereocenters. The molecule has 0 bridgehead atoms. The van der Waals surface area contributed by atoms with E-state index in [9.17, 15) is 19.5 Å². The number of fused-ring (bicyclic) bond motifs is 1. The number of carboxylic acid groups (broad SMARTS) is 1. The minimum absolute atomic E-state index is 0. The van der Waals surface area contributed by atoms with Gasteiger partial charge in [-0.25, -0.2) is 4.79 Å². The van der Waals surface area contributed by atoms with E-state index in [1.54, 1.807) is 0 Å². The van der Waals surface area contributed by atoms with Crippen LogP contribution in [-0.2, 0) is 14.4 Å². The second kappa shape index (κ2) is 10.2. The largest absolute Gasteiger partial charge is 0.480 e. The SMILES string of the molecule is CCCCCCCC(=O)N[C@@H]1C(=O)N2[C@@H]1SC(C)(C)[C@@H]2C(=O)O.O.[Na]. The standard InChI is InChI=1S/C16H26N2O4S.Na.H2O/c1-4-5-6-7-8-9-10(19)17-11-13(20)18-12(15(21)22)16(2,3)23-14(11)18;;/h11-12,14H,4-9H2,1-3H3,(H,17,19)(H,21,22);;1H2/t11-,12+,14-;;/m1../s1. The number of hydrogen-bond donors (Lipinski definition) is 2. The molecule has 2 aliphatic heterocycles. The first-order valence-corrected chi connectivity index (χ1v) is 9.19. The molecule has 2 rings (SSSR count). The Kier molecular flexibility index (Phi) is 10.0. The van der Waals surface area contributed by atoms with Gasteiger partial charge in [0.2, 0.25) is 11.8 Å². The van der Waals surface area contributed by atoms with Gasteiger partial charge in [0.05, 0.1) is 0 Å². The Morgan fingerprint density at radius 2 is 1.84 bits per heavy atom. The first-order chi connectivity index (χ1) is 10.8. The van der Waals surface area contributed by atoms with Crippen molar-refractivity contribution in [3.8, 4) is 0 Å². The first kappa shape index (κ1) is 24.7. The van der Waals surface area contributed by atoms with Crippen LogP contribution in [0.3, 0.4) is 0 Å². The Balaban J connectivity index is 0.00000288. The number of β-lactam (4-membered cyclic amide) rings is 1. The first-order valence-electron chi connectivity index (χ1n) is 8.31. The smallest absolute Gasteiger partial charge is 0.327 e. The van der Waals surface area contributed by atoms with E-state index in [2.05, 4.69) is 12.2 Å². The second-order valence-electron chi connectivity index (χ2n) is 6.81. The minimum Gasteiger partial charge on any atom is -0.480 e. The summed E-state index contributed by atoms with van der Waals surface area (Å²) < 4.78 is -0.550. The number of rotatable bonds is 8. The molecule has 139 valence electrons. The van der Waals surface area contributed by atoms with Gasteiger partial charge in [0, 0.05) is 40.7 Å². The molecule has 2 fully saturated rings. The van der Waals surface area contributed by atoms with Crippen molar-refractivity contribution in [1.29, 1.82) is 0 Å². The topological polar surface area (TPSA) is 118 Å². The molecule has 1 radical (unpaired) electrons. The van der Waals surface area contributed by atoms with Crippen molar-refractivity contribution in [3.05, 3.63) is 0 Å². The number of aliphatic carboxylic acids is 1. The maximum Gasteiger partial charge on any atom is 0.327 e. The van der Waals surface area contributed by atoms with Crippen LogP contribution >= 0.6 is 11.8 Å². The fraction of sp³-hybridized carbons (Fsp3) is 0.812. The molecule has 4 N–H and O–H groups in total. The molecule has 0 saturated carbocycles. The van der Waals surface area contributed by atoms with Gasteiger partial charge in [0.15, 0.2) is 0 Å². The van der Waals surface area contributed by atoms with E-state index in [0.29, 0.717) is 6.42 Å². The molecule has 0 spiro atoms. The summed E-state index contributed by atoms with van der Waals surface area (Å²) in [6.45, 7) is 5.80. The predicted octanol–water partition coefficient (Wildman–Crippen LogP) is 0.773. The van der Waals surface area contributed by atoms with Gasteiger partial charge in [-0.1, -0.05) is 32.6 Å². The summed E-state index contributed by atoms with van der Waals surface area (Å²) in [7, 11) is 0. The zero-order valence-electron chi connectivity index (χ0n) is 15.5. The summed E-state index contributed by atoms with van der Waals surface area (Å²) in [6.07, 6.45) is 5.76. The number of nitrogens with zero attached hydrogens (tertiary/aromatic N) is 1. The number of thioether (sulfide) groups is 1. The Labute approximate surface area is 175 Å². The Bertz CT molecular complexity index is 503. The van der Waals surface area contributed by atoms with Crippen molar-refractivity contribution < 1.29 is 25.0 Å². The van der Waals surface area contributed by atoms with Gasteiger partial charge in [-0.05, 0) is 20.3 Å². The van der Waals surface area contributed by atoms with Gasteiger partial charge in [0.25, 0.3) is 0 Å². The van der Waals surface area contributed by atoms with E-state index >= 15 is 0 Å². The molecule has 7 nitrogen and oxygen atoms in total. The number of carbonyl (C=O) groups excluding carboxylic acids is 2. The Hall–Kier alpha value is -0.280. The molecular formula is C16H28N2NaO5S. The summed E-state index contributed by atoms with van der Waals surface area (Å²) in [5, 5.41) is 11.9. The van der Waals surface area contributed by atoms with Crippen LogP contribution in [0.2, 0.25) is 0 Å². The van der Waals surface area contributed by atoms with Crippen LogP contribution < -0.4 is 5.32 Å². The van der Waals surface area contributed by atoms with Crippen molar-refractivity contribution >= 4 is 59.1 Å². The molecule has 0 aromatic rings. The van der Waals surface area contributed by atoms with Crippen LogP contribution in [-0.4, -0.2) is 85.0 Å². The second-order valence-corrected chi connectivity index (χ2v) is 8.58. The predicted molar refractivity (Wildman–Crippen MR) is 98.4 cm³/mol. The van der Waals surface area contributed by atoms with Crippen molar-refractivity contribution in [2.75, 3.05) is 0 Å². The zero-order valence-corrected chi connectivity index (χ0v) is 18.3. The molecule has 0 aliphatic carbocycles. The monoisotopic (exact) mass is 383 g/mol. The fourth-order valence-corrected chi connectivity index (χ4v) is 4.91. The number of unbranched alkanes of at least 4 members (excludes halogenated alkanes) is 4. The molecule has 2 heterocycles. The number of hydrogen-bond acceptors (Lipinski definition) is 4. The fourth-order valence-electron chi connectivity index (χ4n) is 3.28. The summed E-state index contributed by atoms with van der Waals surface area (Å²) in [6, 6.07) is -1.40. The Morgan fingerprint density at radius 1 is 1.24 bits per heavy atom. The van der Waals surface area contributed by atoms with Gasteiger partial charge < -0.3 is 20.8 Å². The number of nitrogens with one attached hydrogen (secondary N) is 1. The van der Waals surface area contributed by atoms with E-state index in [0.717, 1.165) is 25.7 Å². The minimum atomic E-state index is -0.987. The van der Waals surface area contributed by atoms with Crippen LogP contribution in [0, 0.1) is 0 Å². The molecular weight excluding hydrogens is 355 g/mol. The van der Waals surface area contributed by atoms with E-state index in [4.69, 9.17) is 0 Å². The van der Waals surface area contributed by atoms with E-state index < -0.39 is 22.8 Å². The van der Waals surface area contributed by atoms with E-state index in [-0.39, 0.29) is 52.2 Å². The van der Waals surface area contributed by atoms with Crippen molar-refractivity contribution in [3.63, 3.8) is 0 Å². The van der Waals surface area contributed by atoms with Gasteiger partial charge >= 0.3 is 5.97 Å².